The molecule has 0 radical (unpaired) electrons. The number of nitrogens with zero attached hydrogens (tertiary/aromatic N) is 2. The lowest BCUT2D eigenvalue weighted by Gasteiger charge is -2.09. The Hall–Kier alpha value is -1.73. The highest BCUT2D eigenvalue weighted by Crippen LogP contribution is 2.29. The van der Waals surface area contributed by atoms with E-state index < -0.39 is 10.0 Å². The largest absolute Gasteiger partial charge is 0.286 e. The van der Waals surface area contributed by atoms with Crippen LogP contribution < -0.4 is 4.83 Å². The Labute approximate surface area is 128 Å². The van der Waals surface area contributed by atoms with Gasteiger partial charge in [-0.1, -0.05) is 26.8 Å². The minimum Gasteiger partial charge on any atom is -0.255 e. The highest BCUT2D eigenvalue weighted by Gasteiger charge is 2.17. The van der Waals surface area contributed by atoms with Gasteiger partial charge in [0.15, 0.2) is 0 Å². The van der Waals surface area contributed by atoms with E-state index in [0.717, 1.165) is 21.9 Å². The predicted octanol–water partition coefficient (Wildman–Crippen LogP) is 3.12. The van der Waals surface area contributed by atoms with Crippen LogP contribution in [-0.2, 0) is 10.0 Å². The van der Waals surface area contributed by atoms with Gasteiger partial charge in [-0.3, -0.25) is 4.98 Å². The molecular weight excluding hydrogens is 306 g/mol. The van der Waals surface area contributed by atoms with Crippen molar-refractivity contribution in [3.05, 3.63) is 36.5 Å². The first-order valence-corrected chi connectivity index (χ1v) is 8.65. The monoisotopic (exact) mass is 323 g/mol. The van der Waals surface area contributed by atoms with Gasteiger partial charge in [0, 0.05) is 12.4 Å². The van der Waals surface area contributed by atoms with Crippen LogP contribution in [0.1, 0.15) is 20.8 Å². The van der Waals surface area contributed by atoms with Crippen molar-refractivity contribution in [1.29, 1.82) is 0 Å². The highest BCUT2D eigenvalue weighted by atomic mass is 32.2. The zero-order valence-corrected chi connectivity index (χ0v) is 13.7. The Morgan fingerprint density at radius 1 is 1.24 bits per heavy atom. The molecule has 0 atom stereocenters. The number of thiophene rings is 1. The van der Waals surface area contributed by atoms with E-state index in [1.807, 2.05) is 39.0 Å². The molecule has 0 aromatic carbocycles. The third-order valence-corrected chi connectivity index (χ3v) is 5.21. The first-order valence-electron chi connectivity index (χ1n) is 6.35. The van der Waals surface area contributed by atoms with Gasteiger partial charge in [-0.05, 0) is 29.7 Å². The SMILES string of the molecule is CC(C)(C)C=NNS(=O)(=O)c1ccc(-c2ccccn2)s1. The summed E-state index contributed by atoms with van der Waals surface area (Å²) >= 11 is 1.16. The highest BCUT2D eigenvalue weighted by molar-refractivity contribution is 7.91. The third-order valence-electron chi connectivity index (χ3n) is 2.39. The van der Waals surface area contributed by atoms with Gasteiger partial charge in [0.05, 0.1) is 10.6 Å². The van der Waals surface area contributed by atoms with Crippen LogP contribution in [0, 0.1) is 5.41 Å². The van der Waals surface area contributed by atoms with Crippen molar-refractivity contribution in [1.82, 2.24) is 9.82 Å². The van der Waals surface area contributed by atoms with E-state index in [9.17, 15) is 8.42 Å². The number of nitrogens with one attached hydrogen (secondary N) is 1. The van der Waals surface area contributed by atoms with Crippen LogP contribution in [0.25, 0.3) is 10.6 Å². The lowest BCUT2D eigenvalue weighted by atomic mass is 9.99. The maximum absolute atomic E-state index is 12.1. The molecule has 5 nitrogen and oxygen atoms in total. The normalized spacial score (nSPS) is 12.7. The fraction of sp³-hybridized carbons (Fsp3) is 0.286. The molecule has 0 unspecified atom stereocenters. The second kappa shape index (κ2) is 5.95. The molecule has 7 heteroatoms. The summed E-state index contributed by atoms with van der Waals surface area (Å²) in [6, 6.07) is 8.83. The molecule has 0 fully saturated rings. The molecule has 0 amide bonds. The molecule has 112 valence electrons. The van der Waals surface area contributed by atoms with Crippen LogP contribution in [0.4, 0.5) is 0 Å². The molecule has 0 saturated heterocycles. The number of aromatic nitrogens is 1. The molecule has 0 aliphatic carbocycles. The fourth-order valence-corrected chi connectivity index (χ4v) is 3.51. The molecule has 21 heavy (non-hydrogen) atoms. The van der Waals surface area contributed by atoms with E-state index in [1.165, 1.54) is 0 Å². The van der Waals surface area contributed by atoms with Gasteiger partial charge in [-0.2, -0.15) is 18.4 Å². The van der Waals surface area contributed by atoms with Crippen molar-refractivity contribution < 1.29 is 8.42 Å². The number of rotatable bonds is 4. The standard InChI is InChI=1S/C14H17N3O2S2/c1-14(2,3)10-16-17-21(18,19)13-8-7-12(20-13)11-6-4-5-9-15-11/h4-10,17H,1-3H3. The fourth-order valence-electron chi connectivity index (χ4n) is 1.45. The second-order valence-electron chi connectivity index (χ2n) is 5.55. The van der Waals surface area contributed by atoms with Crippen molar-refractivity contribution in [2.75, 3.05) is 0 Å². The summed E-state index contributed by atoms with van der Waals surface area (Å²) in [5.41, 5.74) is 0.569. The third kappa shape index (κ3) is 4.37. The first-order chi connectivity index (χ1) is 9.78. The van der Waals surface area contributed by atoms with E-state index >= 15 is 0 Å². The Morgan fingerprint density at radius 3 is 2.62 bits per heavy atom. The molecule has 2 aromatic heterocycles. The van der Waals surface area contributed by atoms with Crippen molar-refractivity contribution >= 4 is 27.6 Å². The lowest BCUT2D eigenvalue weighted by molar-refractivity contribution is 0.581. The minimum atomic E-state index is -3.63. The summed E-state index contributed by atoms with van der Waals surface area (Å²) in [6.07, 6.45) is 3.24. The summed E-state index contributed by atoms with van der Waals surface area (Å²) in [6.45, 7) is 5.82. The van der Waals surface area contributed by atoms with E-state index in [-0.39, 0.29) is 9.62 Å². The van der Waals surface area contributed by atoms with Crippen LogP contribution in [0.15, 0.2) is 45.8 Å². The average molecular weight is 323 g/mol. The van der Waals surface area contributed by atoms with Crippen molar-refractivity contribution in [2.45, 2.75) is 25.0 Å². The maximum atomic E-state index is 12.1. The van der Waals surface area contributed by atoms with Crippen LogP contribution in [0.5, 0.6) is 0 Å². The molecule has 2 rings (SSSR count). The van der Waals surface area contributed by atoms with E-state index in [4.69, 9.17) is 0 Å². The molecule has 0 saturated carbocycles. The van der Waals surface area contributed by atoms with Gasteiger partial charge >= 0.3 is 0 Å². The van der Waals surface area contributed by atoms with Crippen LogP contribution in [0.2, 0.25) is 0 Å². The topological polar surface area (TPSA) is 71.4 Å². The summed E-state index contributed by atoms with van der Waals surface area (Å²) in [4.78, 5) is 7.23. The number of hydrazone groups is 1. The summed E-state index contributed by atoms with van der Waals surface area (Å²) in [5, 5.41) is 3.80. The molecule has 0 aliphatic rings. The Balaban J connectivity index is 2.19. The zero-order chi connectivity index (χ0) is 15.5. The smallest absolute Gasteiger partial charge is 0.255 e. The quantitative estimate of drug-likeness (QED) is 0.694. The van der Waals surface area contributed by atoms with Gasteiger partial charge < -0.3 is 0 Å². The number of pyridine rings is 1. The van der Waals surface area contributed by atoms with Gasteiger partial charge in [0.2, 0.25) is 0 Å². The Morgan fingerprint density at radius 2 is 2.00 bits per heavy atom. The Bertz CT molecular complexity index is 729. The number of hydrogen-bond acceptors (Lipinski definition) is 5. The van der Waals surface area contributed by atoms with Crippen molar-refractivity contribution in [2.24, 2.45) is 10.5 Å². The lowest BCUT2D eigenvalue weighted by Crippen LogP contribution is -2.19. The van der Waals surface area contributed by atoms with E-state index in [1.54, 1.807) is 24.5 Å². The van der Waals surface area contributed by atoms with Crippen LogP contribution in [-0.4, -0.2) is 19.6 Å². The summed E-state index contributed by atoms with van der Waals surface area (Å²) in [7, 11) is -3.63. The first kappa shape index (κ1) is 15.7. The molecule has 0 spiro atoms. The van der Waals surface area contributed by atoms with Gasteiger partial charge in [-0.25, -0.2) is 0 Å². The predicted molar refractivity (Wildman–Crippen MR) is 85.8 cm³/mol. The van der Waals surface area contributed by atoms with Crippen molar-refractivity contribution in [3.63, 3.8) is 0 Å². The van der Waals surface area contributed by atoms with Gasteiger partial charge in [0.25, 0.3) is 10.0 Å². The number of sulfonamides is 1. The second-order valence-corrected chi connectivity index (χ2v) is 8.52. The molecule has 1 N–H and O–H groups in total. The van der Waals surface area contributed by atoms with Crippen LogP contribution >= 0.6 is 11.3 Å². The minimum absolute atomic E-state index is 0.183. The molecule has 0 bridgehead atoms. The summed E-state index contributed by atoms with van der Waals surface area (Å²) < 4.78 is 24.5. The molecular formula is C14H17N3O2S2. The van der Waals surface area contributed by atoms with Gasteiger partial charge in [0.1, 0.15) is 4.21 Å². The molecule has 2 aromatic rings. The van der Waals surface area contributed by atoms with Gasteiger partial charge in [-0.15, -0.1) is 11.3 Å². The number of hydrogen-bond donors (Lipinski definition) is 1. The molecule has 2 heterocycles. The Kier molecular flexibility index (Phi) is 4.43. The van der Waals surface area contributed by atoms with E-state index in [0.29, 0.717) is 0 Å². The van der Waals surface area contributed by atoms with Crippen molar-refractivity contribution in [3.8, 4) is 10.6 Å². The zero-order valence-electron chi connectivity index (χ0n) is 12.1. The maximum Gasteiger partial charge on any atom is 0.286 e. The van der Waals surface area contributed by atoms with Crippen LogP contribution in [0.3, 0.4) is 0 Å². The molecule has 0 aliphatic heterocycles. The average Bonchev–Trinajstić information content (AvgIpc) is 2.88. The van der Waals surface area contributed by atoms with E-state index in [2.05, 4.69) is 14.9 Å². The summed E-state index contributed by atoms with van der Waals surface area (Å²) in [5.74, 6) is 0.